The molecule has 0 aliphatic heterocycles. The highest BCUT2D eigenvalue weighted by Gasteiger charge is 2.09. The first-order chi connectivity index (χ1) is 8.72. The van der Waals surface area contributed by atoms with E-state index in [2.05, 4.69) is 55.2 Å². The lowest BCUT2D eigenvalue weighted by Crippen LogP contribution is -2.23. The van der Waals surface area contributed by atoms with E-state index in [1.54, 1.807) is 0 Å². The van der Waals surface area contributed by atoms with Crippen molar-refractivity contribution in [3.05, 3.63) is 24.0 Å². The van der Waals surface area contributed by atoms with Gasteiger partial charge in [-0.25, -0.2) is 0 Å². The lowest BCUT2D eigenvalue weighted by molar-refractivity contribution is 0.507. The average Bonchev–Trinajstić information content (AvgIpc) is 2.40. The zero-order valence-corrected chi connectivity index (χ0v) is 12.2. The van der Waals surface area contributed by atoms with Crippen LogP contribution in [0.3, 0.4) is 0 Å². The summed E-state index contributed by atoms with van der Waals surface area (Å²) in [6.07, 6.45) is 5.39. The Labute approximate surface area is 112 Å². The maximum Gasteiger partial charge on any atom is 0.0574 e. The average molecular weight is 249 g/mol. The van der Waals surface area contributed by atoms with E-state index in [-0.39, 0.29) is 0 Å². The molecule has 0 amide bonds. The molecular weight excluding hydrogens is 222 g/mol. The van der Waals surface area contributed by atoms with Gasteiger partial charge in [-0.05, 0) is 37.9 Å². The molecule has 3 nitrogen and oxygen atoms in total. The van der Waals surface area contributed by atoms with Crippen LogP contribution in [0.4, 0.5) is 5.69 Å². The normalized spacial score (nSPS) is 12.4. The van der Waals surface area contributed by atoms with E-state index in [9.17, 15) is 0 Å². The summed E-state index contributed by atoms with van der Waals surface area (Å²) in [6.45, 7) is 8.71. The smallest absolute Gasteiger partial charge is 0.0574 e. The third-order valence-corrected chi connectivity index (χ3v) is 3.18. The van der Waals surface area contributed by atoms with Crippen LogP contribution in [0.2, 0.25) is 0 Å². The zero-order chi connectivity index (χ0) is 13.4. The van der Waals surface area contributed by atoms with Crippen molar-refractivity contribution in [1.29, 1.82) is 0 Å². The molecule has 3 heteroatoms. The van der Waals surface area contributed by atoms with Crippen molar-refractivity contribution >= 4 is 5.69 Å². The van der Waals surface area contributed by atoms with Crippen LogP contribution in [0.5, 0.6) is 0 Å². The summed E-state index contributed by atoms with van der Waals surface area (Å²) in [7, 11) is 2.12. The summed E-state index contributed by atoms with van der Waals surface area (Å²) in [5.74, 6) is 0. The number of aromatic nitrogens is 1. The van der Waals surface area contributed by atoms with Crippen molar-refractivity contribution in [2.45, 2.75) is 46.1 Å². The van der Waals surface area contributed by atoms with Gasteiger partial charge in [-0.2, -0.15) is 0 Å². The fourth-order valence-corrected chi connectivity index (χ4v) is 2.07. The maximum absolute atomic E-state index is 4.60. The second-order valence-electron chi connectivity index (χ2n) is 4.78. The van der Waals surface area contributed by atoms with Crippen LogP contribution in [-0.2, 0) is 0 Å². The van der Waals surface area contributed by atoms with E-state index in [0.29, 0.717) is 6.04 Å². The minimum Gasteiger partial charge on any atom is -0.373 e. The number of hydrogen-bond donors (Lipinski definition) is 1. The molecule has 1 heterocycles. The number of rotatable bonds is 8. The first kappa shape index (κ1) is 15.0. The highest BCUT2D eigenvalue weighted by Crippen LogP contribution is 2.18. The Hall–Kier alpha value is -1.09. The standard InChI is InChI=1S/C15H27N3/c1-5-10-16-14(7-3)15-9-8-13(12-17-15)18(4)11-6-2/h8-9,12,14,16H,5-7,10-11H2,1-4H3. The maximum atomic E-state index is 4.60. The molecule has 1 rings (SSSR count). The lowest BCUT2D eigenvalue weighted by Gasteiger charge is -2.20. The van der Waals surface area contributed by atoms with Crippen molar-refractivity contribution in [1.82, 2.24) is 10.3 Å². The Balaban J connectivity index is 2.68. The van der Waals surface area contributed by atoms with Crippen LogP contribution in [0.15, 0.2) is 18.3 Å². The van der Waals surface area contributed by atoms with Gasteiger partial charge in [0.25, 0.3) is 0 Å². The second-order valence-corrected chi connectivity index (χ2v) is 4.78. The molecule has 1 atom stereocenters. The van der Waals surface area contributed by atoms with Gasteiger partial charge in [0.15, 0.2) is 0 Å². The first-order valence-corrected chi connectivity index (χ1v) is 7.13. The fourth-order valence-electron chi connectivity index (χ4n) is 2.07. The topological polar surface area (TPSA) is 28.2 Å². The van der Waals surface area contributed by atoms with E-state index >= 15 is 0 Å². The first-order valence-electron chi connectivity index (χ1n) is 7.13. The third kappa shape index (κ3) is 4.30. The summed E-state index contributed by atoms with van der Waals surface area (Å²) in [5.41, 5.74) is 2.35. The van der Waals surface area contributed by atoms with Crippen molar-refractivity contribution in [2.75, 3.05) is 25.0 Å². The van der Waals surface area contributed by atoms with Gasteiger partial charge in [0.05, 0.1) is 17.6 Å². The molecule has 1 aromatic heterocycles. The van der Waals surface area contributed by atoms with Gasteiger partial charge in [-0.3, -0.25) is 4.98 Å². The Morgan fingerprint density at radius 2 is 2.00 bits per heavy atom. The highest BCUT2D eigenvalue weighted by molar-refractivity contribution is 5.43. The van der Waals surface area contributed by atoms with E-state index < -0.39 is 0 Å². The monoisotopic (exact) mass is 249 g/mol. The SMILES string of the molecule is CCCNC(CC)c1ccc(N(C)CCC)cn1. The van der Waals surface area contributed by atoms with Crippen LogP contribution in [-0.4, -0.2) is 25.1 Å². The molecule has 0 aliphatic rings. The molecule has 0 fully saturated rings. The van der Waals surface area contributed by atoms with Gasteiger partial charge in [-0.1, -0.05) is 20.8 Å². The van der Waals surface area contributed by atoms with Gasteiger partial charge in [0, 0.05) is 19.6 Å². The quantitative estimate of drug-likeness (QED) is 0.765. The Kier molecular flexibility index (Phi) is 6.73. The summed E-state index contributed by atoms with van der Waals surface area (Å²) in [4.78, 5) is 6.85. The number of pyridine rings is 1. The number of anilines is 1. The molecule has 0 saturated heterocycles. The summed E-state index contributed by atoms with van der Waals surface area (Å²) < 4.78 is 0. The largest absolute Gasteiger partial charge is 0.373 e. The van der Waals surface area contributed by atoms with Crippen LogP contribution in [0, 0.1) is 0 Å². The molecule has 1 aromatic rings. The molecular formula is C15H27N3. The Morgan fingerprint density at radius 1 is 1.22 bits per heavy atom. The van der Waals surface area contributed by atoms with E-state index in [1.807, 2.05) is 6.20 Å². The third-order valence-electron chi connectivity index (χ3n) is 3.18. The van der Waals surface area contributed by atoms with Crippen LogP contribution < -0.4 is 10.2 Å². The summed E-state index contributed by atoms with van der Waals surface area (Å²) in [5, 5.41) is 3.53. The molecule has 0 aliphatic carbocycles. The van der Waals surface area contributed by atoms with Gasteiger partial charge < -0.3 is 10.2 Å². The fraction of sp³-hybridized carbons (Fsp3) is 0.667. The van der Waals surface area contributed by atoms with Crippen LogP contribution in [0.25, 0.3) is 0 Å². The predicted molar refractivity (Wildman–Crippen MR) is 79.1 cm³/mol. The molecule has 1 N–H and O–H groups in total. The Bertz CT molecular complexity index is 321. The van der Waals surface area contributed by atoms with Crippen molar-refractivity contribution in [3.8, 4) is 0 Å². The minimum atomic E-state index is 0.385. The van der Waals surface area contributed by atoms with Gasteiger partial charge in [0.2, 0.25) is 0 Å². The molecule has 0 radical (unpaired) electrons. The highest BCUT2D eigenvalue weighted by atomic mass is 15.1. The molecule has 0 saturated carbocycles. The molecule has 1 unspecified atom stereocenters. The van der Waals surface area contributed by atoms with E-state index in [4.69, 9.17) is 0 Å². The number of nitrogens with one attached hydrogen (secondary N) is 1. The minimum absolute atomic E-state index is 0.385. The molecule has 0 bridgehead atoms. The summed E-state index contributed by atoms with van der Waals surface area (Å²) in [6, 6.07) is 4.71. The Morgan fingerprint density at radius 3 is 2.50 bits per heavy atom. The van der Waals surface area contributed by atoms with Crippen molar-refractivity contribution in [3.63, 3.8) is 0 Å². The predicted octanol–water partition coefficient (Wildman–Crippen LogP) is 3.38. The number of nitrogens with zero attached hydrogens (tertiary/aromatic N) is 2. The van der Waals surface area contributed by atoms with Crippen molar-refractivity contribution in [2.24, 2.45) is 0 Å². The number of hydrogen-bond acceptors (Lipinski definition) is 3. The van der Waals surface area contributed by atoms with Crippen LogP contribution in [0.1, 0.15) is 51.8 Å². The van der Waals surface area contributed by atoms with E-state index in [1.165, 1.54) is 5.69 Å². The lowest BCUT2D eigenvalue weighted by atomic mass is 10.1. The second kappa shape index (κ2) is 8.09. The zero-order valence-electron chi connectivity index (χ0n) is 12.2. The molecule has 0 spiro atoms. The molecule has 102 valence electrons. The molecule has 18 heavy (non-hydrogen) atoms. The van der Waals surface area contributed by atoms with Gasteiger partial charge in [0.1, 0.15) is 0 Å². The van der Waals surface area contributed by atoms with Gasteiger partial charge in [-0.15, -0.1) is 0 Å². The molecule has 0 aromatic carbocycles. The van der Waals surface area contributed by atoms with Gasteiger partial charge >= 0.3 is 0 Å². The van der Waals surface area contributed by atoms with Crippen LogP contribution >= 0.6 is 0 Å². The van der Waals surface area contributed by atoms with E-state index in [0.717, 1.165) is 38.0 Å². The van der Waals surface area contributed by atoms with Crippen molar-refractivity contribution < 1.29 is 0 Å². The summed E-state index contributed by atoms with van der Waals surface area (Å²) >= 11 is 0.